The Bertz CT molecular complexity index is 1070. The first-order valence-electron chi connectivity index (χ1n) is 10.9. The van der Waals surface area contributed by atoms with E-state index in [1.807, 2.05) is 18.2 Å². The molecule has 8 heteroatoms. The number of hydrogen-bond acceptors (Lipinski definition) is 5. The summed E-state index contributed by atoms with van der Waals surface area (Å²) in [7, 11) is 0. The number of carbonyl (C=O) groups is 2. The summed E-state index contributed by atoms with van der Waals surface area (Å²) in [5.74, 6) is 0.311. The van der Waals surface area contributed by atoms with Crippen molar-refractivity contribution in [2.45, 2.75) is 51.0 Å². The van der Waals surface area contributed by atoms with Crippen LogP contribution in [0, 0.1) is 5.92 Å². The fourth-order valence-electron chi connectivity index (χ4n) is 4.36. The number of aromatic nitrogens is 4. The van der Waals surface area contributed by atoms with Crippen LogP contribution >= 0.6 is 11.6 Å². The van der Waals surface area contributed by atoms with E-state index in [-0.39, 0.29) is 24.0 Å². The molecule has 32 heavy (non-hydrogen) atoms. The van der Waals surface area contributed by atoms with E-state index < -0.39 is 6.04 Å². The van der Waals surface area contributed by atoms with Crippen LogP contribution in [0.1, 0.15) is 49.7 Å². The minimum absolute atomic E-state index is 0.0200. The third-order valence-electron chi connectivity index (χ3n) is 6.16. The van der Waals surface area contributed by atoms with Crippen molar-refractivity contribution < 1.29 is 9.59 Å². The quantitative estimate of drug-likeness (QED) is 0.560. The molecule has 0 spiro atoms. The van der Waals surface area contributed by atoms with Gasteiger partial charge in [0.2, 0.25) is 5.91 Å². The van der Waals surface area contributed by atoms with Gasteiger partial charge in [-0.25, -0.2) is 0 Å². The van der Waals surface area contributed by atoms with Crippen molar-refractivity contribution in [3.63, 3.8) is 0 Å². The molecular weight excluding hydrogens is 426 g/mol. The summed E-state index contributed by atoms with van der Waals surface area (Å²) < 4.78 is 0. The van der Waals surface area contributed by atoms with Gasteiger partial charge in [-0.1, -0.05) is 41.9 Å². The zero-order valence-electron chi connectivity index (χ0n) is 17.9. The summed E-state index contributed by atoms with van der Waals surface area (Å²) >= 11 is 6.15. The average molecular weight is 452 g/mol. The van der Waals surface area contributed by atoms with Crippen LogP contribution < -0.4 is 5.32 Å². The Balaban J connectivity index is 1.31. The molecule has 7 nitrogen and oxygen atoms in total. The zero-order valence-corrected chi connectivity index (χ0v) is 18.7. The molecule has 4 rings (SSSR count). The Hall–Kier alpha value is -3.06. The topological polar surface area (TPSA) is 89.8 Å². The highest BCUT2D eigenvalue weighted by molar-refractivity contribution is 6.30. The SMILES string of the molecule is C[C@H](NC(=O)[C@@H]1CC[C@@H](c2ccccc2)C1)C(=O)CCc1cc(Cl)ccc1-n1ncnn1. The predicted octanol–water partition coefficient (Wildman–Crippen LogP) is 3.91. The van der Waals surface area contributed by atoms with Crippen LogP contribution in [0.2, 0.25) is 5.02 Å². The third kappa shape index (κ3) is 5.22. The van der Waals surface area contributed by atoms with Crippen LogP contribution in [0.25, 0.3) is 5.69 Å². The molecule has 3 atom stereocenters. The second-order valence-electron chi connectivity index (χ2n) is 8.31. The van der Waals surface area contributed by atoms with Crippen LogP contribution in [-0.2, 0) is 16.0 Å². The molecule has 0 bridgehead atoms. The van der Waals surface area contributed by atoms with E-state index in [1.165, 1.54) is 16.7 Å². The Morgan fingerprint density at radius 2 is 2.00 bits per heavy atom. The molecule has 1 amide bonds. The van der Waals surface area contributed by atoms with Crippen molar-refractivity contribution in [2.24, 2.45) is 5.92 Å². The molecule has 1 N–H and O–H groups in total. The Labute approximate surface area is 192 Å². The first kappa shape index (κ1) is 22.1. The number of hydrogen-bond donors (Lipinski definition) is 1. The number of amides is 1. The van der Waals surface area contributed by atoms with Crippen molar-refractivity contribution in [3.05, 3.63) is 71.0 Å². The lowest BCUT2D eigenvalue weighted by atomic mass is 9.96. The second kappa shape index (κ2) is 10.0. The number of carbonyl (C=O) groups excluding carboxylic acids is 2. The van der Waals surface area contributed by atoms with Gasteiger partial charge in [-0.2, -0.15) is 0 Å². The summed E-state index contributed by atoms with van der Waals surface area (Å²) in [6, 6.07) is 15.1. The van der Waals surface area contributed by atoms with Gasteiger partial charge in [0.1, 0.15) is 0 Å². The summed E-state index contributed by atoms with van der Waals surface area (Å²) in [5.41, 5.74) is 2.87. The van der Waals surface area contributed by atoms with Crippen molar-refractivity contribution in [1.29, 1.82) is 0 Å². The molecule has 1 fully saturated rings. The maximum absolute atomic E-state index is 12.8. The van der Waals surface area contributed by atoms with Gasteiger partial charge >= 0.3 is 0 Å². The molecular formula is C24H26ClN5O2. The van der Waals surface area contributed by atoms with Gasteiger partial charge in [0.25, 0.3) is 0 Å². The molecule has 1 aliphatic rings. The van der Waals surface area contributed by atoms with Gasteiger partial charge < -0.3 is 5.32 Å². The van der Waals surface area contributed by atoms with Crippen LogP contribution in [-0.4, -0.2) is 37.9 Å². The zero-order chi connectivity index (χ0) is 22.5. The van der Waals surface area contributed by atoms with Gasteiger partial charge in [0, 0.05) is 17.4 Å². The number of Topliss-reactive ketones (excluding diaryl/α,β-unsaturated/α-hetero) is 1. The summed E-state index contributed by atoms with van der Waals surface area (Å²) in [6.45, 7) is 1.75. The lowest BCUT2D eigenvalue weighted by Crippen LogP contribution is -2.41. The molecule has 0 aliphatic heterocycles. The molecule has 1 saturated carbocycles. The minimum atomic E-state index is -0.537. The van der Waals surface area contributed by atoms with Crippen LogP contribution in [0.3, 0.4) is 0 Å². The van der Waals surface area contributed by atoms with E-state index >= 15 is 0 Å². The summed E-state index contributed by atoms with van der Waals surface area (Å²) in [5, 5.41) is 15.2. The van der Waals surface area contributed by atoms with Gasteiger partial charge in [0.15, 0.2) is 12.1 Å². The van der Waals surface area contributed by atoms with E-state index in [2.05, 4.69) is 32.9 Å². The molecule has 3 aromatic rings. The molecule has 166 valence electrons. The number of tetrazole rings is 1. The fourth-order valence-corrected chi connectivity index (χ4v) is 4.56. The molecule has 1 aliphatic carbocycles. The van der Waals surface area contributed by atoms with E-state index in [0.717, 1.165) is 30.5 Å². The lowest BCUT2D eigenvalue weighted by Gasteiger charge is -2.17. The van der Waals surface area contributed by atoms with Gasteiger partial charge in [-0.15, -0.1) is 15.0 Å². The highest BCUT2D eigenvalue weighted by Gasteiger charge is 2.31. The van der Waals surface area contributed by atoms with Crippen LogP contribution in [0.15, 0.2) is 54.9 Å². The standard InChI is InChI=1S/C24H26ClN5O2/c1-16(28-24(32)20-8-7-18(13-20)17-5-3-2-4-6-17)23(31)12-9-19-14-21(25)10-11-22(19)30-27-15-26-29-30/h2-6,10-11,14-16,18,20H,7-9,12-13H2,1H3,(H,28,32)/t16-,18+,20+/m0/s1. The minimum Gasteiger partial charge on any atom is -0.346 e. The first-order chi connectivity index (χ1) is 15.5. The highest BCUT2D eigenvalue weighted by Crippen LogP contribution is 2.38. The van der Waals surface area contributed by atoms with Crippen molar-refractivity contribution in [1.82, 2.24) is 25.5 Å². The number of ketones is 1. The molecule has 0 unspecified atom stereocenters. The Kier molecular flexibility index (Phi) is 6.95. The van der Waals surface area contributed by atoms with E-state index in [9.17, 15) is 9.59 Å². The monoisotopic (exact) mass is 451 g/mol. The Morgan fingerprint density at radius 3 is 2.75 bits per heavy atom. The lowest BCUT2D eigenvalue weighted by molar-refractivity contribution is -0.129. The number of nitrogens with one attached hydrogen (secondary N) is 1. The fraction of sp³-hybridized carbons (Fsp3) is 0.375. The summed E-state index contributed by atoms with van der Waals surface area (Å²) in [4.78, 5) is 26.9. The van der Waals surface area contributed by atoms with E-state index in [0.29, 0.717) is 17.4 Å². The van der Waals surface area contributed by atoms with E-state index in [4.69, 9.17) is 11.6 Å². The van der Waals surface area contributed by atoms with Crippen molar-refractivity contribution >= 4 is 23.3 Å². The van der Waals surface area contributed by atoms with Gasteiger partial charge in [0.05, 0.1) is 11.7 Å². The number of aryl methyl sites for hydroxylation is 1. The molecule has 0 radical (unpaired) electrons. The number of rotatable bonds is 8. The highest BCUT2D eigenvalue weighted by atomic mass is 35.5. The van der Waals surface area contributed by atoms with Gasteiger partial charge in [-0.05, 0) is 73.1 Å². The Morgan fingerprint density at radius 1 is 1.19 bits per heavy atom. The average Bonchev–Trinajstić information content (AvgIpc) is 3.50. The molecule has 0 saturated heterocycles. The first-order valence-corrected chi connectivity index (χ1v) is 11.3. The number of nitrogens with zero attached hydrogens (tertiary/aromatic N) is 4. The third-order valence-corrected chi connectivity index (χ3v) is 6.40. The number of halogens is 1. The molecule has 1 heterocycles. The largest absolute Gasteiger partial charge is 0.346 e. The van der Waals surface area contributed by atoms with E-state index in [1.54, 1.807) is 25.1 Å². The summed E-state index contributed by atoms with van der Waals surface area (Å²) in [6.07, 6.45) is 4.78. The predicted molar refractivity (Wildman–Crippen MR) is 122 cm³/mol. The molecule has 1 aromatic heterocycles. The maximum atomic E-state index is 12.8. The van der Waals surface area contributed by atoms with Crippen molar-refractivity contribution in [3.8, 4) is 5.69 Å². The van der Waals surface area contributed by atoms with Gasteiger partial charge in [-0.3, -0.25) is 9.59 Å². The molecule has 2 aromatic carbocycles. The smallest absolute Gasteiger partial charge is 0.223 e. The normalized spacial score (nSPS) is 18.9. The second-order valence-corrected chi connectivity index (χ2v) is 8.75. The maximum Gasteiger partial charge on any atom is 0.223 e. The van der Waals surface area contributed by atoms with Crippen molar-refractivity contribution in [2.75, 3.05) is 0 Å². The van der Waals surface area contributed by atoms with Crippen LogP contribution in [0.5, 0.6) is 0 Å². The van der Waals surface area contributed by atoms with Crippen LogP contribution in [0.4, 0.5) is 0 Å². The number of benzene rings is 2.